The van der Waals surface area contributed by atoms with E-state index in [0.29, 0.717) is 5.56 Å². The largest absolute Gasteiger partial charge is 0.496 e. The molecular formula is C19H16N2O6. The molecule has 1 aromatic heterocycles. The summed E-state index contributed by atoms with van der Waals surface area (Å²) in [4.78, 5) is 38.4. The number of carbonyl (C=O) groups is 2. The fourth-order valence-corrected chi connectivity index (χ4v) is 2.74. The fourth-order valence-electron chi connectivity index (χ4n) is 2.74. The number of methoxy groups -OCH3 is 1. The molecule has 3 aromatic rings. The summed E-state index contributed by atoms with van der Waals surface area (Å²) in [6.45, 7) is 1.45. The van der Waals surface area contributed by atoms with Gasteiger partial charge in [0.2, 0.25) is 5.78 Å². The molecule has 0 saturated carbocycles. The van der Waals surface area contributed by atoms with Crippen molar-refractivity contribution >= 4 is 28.3 Å². The van der Waals surface area contributed by atoms with Gasteiger partial charge in [-0.25, -0.2) is 4.79 Å². The maximum absolute atomic E-state index is 12.7. The Balaban J connectivity index is 1.84. The first-order valence-electron chi connectivity index (χ1n) is 8.06. The van der Waals surface area contributed by atoms with Crippen LogP contribution in [0.15, 0.2) is 48.7 Å². The number of benzene rings is 2. The number of hydrogen-bond donors (Lipinski definition) is 1. The van der Waals surface area contributed by atoms with Gasteiger partial charge in [-0.05, 0) is 19.1 Å². The van der Waals surface area contributed by atoms with E-state index in [0.717, 1.165) is 17.0 Å². The first-order valence-corrected chi connectivity index (χ1v) is 8.06. The number of nitro benzene ring substituents is 1. The molecule has 0 aliphatic heterocycles. The highest BCUT2D eigenvalue weighted by Gasteiger charge is 2.25. The van der Waals surface area contributed by atoms with E-state index in [1.54, 1.807) is 18.3 Å². The lowest BCUT2D eigenvalue weighted by atomic mass is 10.1. The Morgan fingerprint density at radius 3 is 2.59 bits per heavy atom. The van der Waals surface area contributed by atoms with Crippen LogP contribution in [0.3, 0.4) is 0 Å². The van der Waals surface area contributed by atoms with Crippen LogP contribution in [0.25, 0.3) is 10.9 Å². The van der Waals surface area contributed by atoms with Crippen molar-refractivity contribution in [1.29, 1.82) is 0 Å². The fraction of sp³-hybridized carbons (Fsp3) is 0.158. The number of nitrogens with one attached hydrogen (secondary N) is 1. The lowest BCUT2D eigenvalue weighted by Gasteiger charge is -2.13. The van der Waals surface area contributed by atoms with Gasteiger partial charge >= 0.3 is 5.97 Å². The van der Waals surface area contributed by atoms with Gasteiger partial charge in [0.25, 0.3) is 5.69 Å². The van der Waals surface area contributed by atoms with Gasteiger partial charge in [-0.1, -0.05) is 18.2 Å². The summed E-state index contributed by atoms with van der Waals surface area (Å²) in [5.41, 5.74) is 0.792. The quantitative estimate of drug-likeness (QED) is 0.308. The monoisotopic (exact) mass is 368 g/mol. The number of fused-ring (bicyclic) bond motifs is 1. The number of rotatable bonds is 6. The van der Waals surface area contributed by atoms with Crippen molar-refractivity contribution in [1.82, 2.24) is 4.98 Å². The van der Waals surface area contributed by atoms with Gasteiger partial charge in [0.05, 0.1) is 12.0 Å². The zero-order valence-electron chi connectivity index (χ0n) is 14.6. The van der Waals surface area contributed by atoms with Crippen LogP contribution in [0.5, 0.6) is 5.75 Å². The van der Waals surface area contributed by atoms with E-state index < -0.39 is 17.0 Å². The van der Waals surface area contributed by atoms with Crippen molar-refractivity contribution < 1.29 is 24.0 Å². The summed E-state index contributed by atoms with van der Waals surface area (Å²) in [7, 11) is 1.33. The van der Waals surface area contributed by atoms with E-state index >= 15 is 0 Å². The lowest BCUT2D eigenvalue weighted by molar-refractivity contribution is -0.384. The minimum absolute atomic E-state index is 0.120. The number of Topliss-reactive ketones (excluding diaryl/α,β-unsaturated/α-hetero) is 1. The third kappa shape index (κ3) is 3.50. The van der Waals surface area contributed by atoms with E-state index in [4.69, 9.17) is 9.47 Å². The second-order valence-electron chi connectivity index (χ2n) is 5.80. The van der Waals surface area contributed by atoms with Crippen molar-refractivity contribution in [3.05, 3.63) is 69.9 Å². The SMILES string of the molecule is COc1ccc([N+](=O)[O-])cc1C(=O)O[C@@H](C)C(=O)c1c[nH]c2ccccc12. The Kier molecular flexibility index (Phi) is 4.89. The molecule has 0 fully saturated rings. The maximum atomic E-state index is 12.7. The Hall–Kier alpha value is -3.68. The topological polar surface area (TPSA) is 112 Å². The number of carbonyl (C=O) groups excluding carboxylic acids is 2. The molecule has 27 heavy (non-hydrogen) atoms. The predicted octanol–water partition coefficient (Wildman–Crippen LogP) is 3.51. The number of ketones is 1. The van der Waals surface area contributed by atoms with Gasteiger partial charge in [-0.3, -0.25) is 14.9 Å². The van der Waals surface area contributed by atoms with Gasteiger partial charge < -0.3 is 14.5 Å². The summed E-state index contributed by atoms with van der Waals surface area (Å²) in [5.74, 6) is -1.14. The van der Waals surface area contributed by atoms with Crippen LogP contribution in [-0.2, 0) is 4.74 Å². The first-order chi connectivity index (χ1) is 12.9. The predicted molar refractivity (Wildman–Crippen MR) is 97.2 cm³/mol. The molecular weight excluding hydrogens is 352 g/mol. The second kappa shape index (κ2) is 7.28. The third-order valence-electron chi connectivity index (χ3n) is 4.12. The number of esters is 1. The van der Waals surface area contributed by atoms with Crippen molar-refractivity contribution in [2.75, 3.05) is 7.11 Å². The molecule has 1 atom stereocenters. The molecule has 8 heteroatoms. The van der Waals surface area contributed by atoms with E-state index in [-0.39, 0.29) is 22.8 Å². The van der Waals surface area contributed by atoms with Gasteiger partial charge in [-0.2, -0.15) is 0 Å². The number of para-hydroxylation sites is 1. The van der Waals surface area contributed by atoms with Gasteiger partial charge in [0, 0.05) is 34.8 Å². The van der Waals surface area contributed by atoms with Crippen molar-refractivity contribution in [2.24, 2.45) is 0 Å². The van der Waals surface area contributed by atoms with Crippen LogP contribution >= 0.6 is 0 Å². The molecule has 0 amide bonds. The molecule has 8 nitrogen and oxygen atoms in total. The maximum Gasteiger partial charge on any atom is 0.342 e. The highest BCUT2D eigenvalue weighted by atomic mass is 16.6. The number of H-pyrrole nitrogens is 1. The van der Waals surface area contributed by atoms with E-state index in [2.05, 4.69) is 4.98 Å². The van der Waals surface area contributed by atoms with Crippen molar-refractivity contribution in [3.63, 3.8) is 0 Å². The number of ether oxygens (including phenoxy) is 2. The Morgan fingerprint density at radius 1 is 1.15 bits per heavy atom. The Bertz CT molecular complexity index is 1040. The molecule has 0 bridgehead atoms. The number of hydrogen-bond acceptors (Lipinski definition) is 6. The smallest absolute Gasteiger partial charge is 0.342 e. The number of nitro groups is 1. The molecule has 0 aliphatic rings. The van der Waals surface area contributed by atoms with E-state index in [1.807, 2.05) is 12.1 Å². The minimum atomic E-state index is -1.08. The van der Waals surface area contributed by atoms with Gasteiger partial charge in [0.1, 0.15) is 11.3 Å². The Morgan fingerprint density at radius 2 is 1.89 bits per heavy atom. The van der Waals surface area contributed by atoms with E-state index in [9.17, 15) is 19.7 Å². The lowest BCUT2D eigenvalue weighted by Crippen LogP contribution is -2.24. The molecule has 0 unspecified atom stereocenters. The highest BCUT2D eigenvalue weighted by Crippen LogP contribution is 2.26. The minimum Gasteiger partial charge on any atom is -0.496 e. The average molecular weight is 368 g/mol. The van der Waals surface area contributed by atoms with Crippen LogP contribution in [0.1, 0.15) is 27.6 Å². The molecule has 2 aromatic carbocycles. The van der Waals surface area contributed by atoms with Crippen molar-refractivity contribution in [3.8, 4) is 5.75 Å². The second-order valence-corrected chi connectivity index (χ2v) is 5.80. The van der Waals surface area contributed by atoms with Gasteiger partial charge in [0.15, 0.2) is 6.10 Å². The van der Waals surface area contributed by atoms with Crippen LogP contribution in [0.2, 0.25) is 0 Å². The normalized spacial score (nSPS) is 11.8. The van der Waals surface area contributed by atoms with Gasteiger partial charge in [-0.15, -0.1) is 0 Å². The Labute approximate surface area is 153 Å². The van der Waals surface area contributed by atoms with Crippen LogP contribution in [0, 0.1) is 10.1 Å². The summed E-state index contributed by atoms with van der Waals surface area (Å²) in [6, 6.07) is 10.8. The zero-order chi connectivity index (χ0) is 19.6. The summed E-state index contributed by atoms with van der Waals surface area (Å²) in [6.07, 6.45) is 0.478. The number of aromatic amines is 1. The molecule has 0 saturated heterocycles. The molecule has 1 heterocycles. The number of aromatic nitrogens is 1. The van der Waals surface area contributed by atoms with Crippen LogP contribution in [0.4, 0.5) is 5.69 Å². The molecule has 0 aliphatic carbocycles. The third-order valence-corrected chi connectivity index (χ3v) is 4.12. The van der Waals surface area contributed by atoms with Crippen LogP contribution in [-0.4, -0.2) is 34.9 Å². The standard InChI is InChI=1S/C19H16N2O6/c1-11(18(22)15-10-20-16-6-4-3-5-13(15)16)27-19(23)14-9-12(21(24)25)7-8-17(14)26-2/h3-11,20H,1-2H3/t11-/m0/s1. The zero-order valence-corrected chi connectivity index (χ0v) is 14.6. The van der Waals surface area contributed by atoms with E-state index in [1.165, 1.54) is 26.2 Å². The average Bonchev–Trinajstić information content (AvgIpc) is 3.10. The summed E-state index contributed by atoms with van der Waals surface area (Å²) >= 11 is 0. The molecule has 0 spiro atoms. The highest BCUT2D eigenvalue weighted by molar-refractivity contribution is 6.10. The number of nitrogens with zero attached hydrogens (tertiary/aromatic N) is 1. The van der Waals surface area contributed by atoms with Crippen molar-refractivity contribution in [2.45, 2.75) is 13.0 Å². The van der Waals surface area contributed by atoms with Crippen LogP contribution < -0.4 is 4.74 Å². The molecule has 1 N–H and O–H groups in total. The molecule has 0 radical (unpaired) electrons. The summed E-state index contributed by atoms with van der Waals surface area (Å²) < 4.78 is 10.3. The summed E-state index contributed by atoms with van der Waals surface area (Å²) in [5, 5.41) is 11.7. The first kappa shape index (κ1) is 18.1. The number of non-ortho nitro benzene ring substituents is 1. The molecule has 3 rings (SSSR count). The molecule has 138 valence electrons.